The number of carboxylic acids is 1. The lowest BCUT2D eigenvalue weighted by Gasteiger charge is -2.24. The number of hydrogen-bond acceptors (Lipinski definition) is 5. The van der Waals surface area contributed by atoms with Gasteiger partial charge in [0.25, 0.3) is 0 Å². The number of carbonyl (C=O) groups excluding carboxylic acids is 2. The van der Waals surface area contributed by atoms with Crippen molar-refractivity contribution in [2.45, 2.75) is 43.8 Å². The number of nitrogens with zero attached hydrogens (tertiary/aromatic N) is 1. The Morgan fingerprint density at radius 2 is 1.96 bits per heavy atom. The van der Waals surface area contributed by atoms with Crippen LogP contribution in [0.25, 0.3) is 0 Å². The molecule has 1 fully saturated rings. The van der Waals surface area contributed by atoms with E-state index in [0.717, 1.165) is 5.56 Å². The molecule has 1 aliphatic rings. The Labute approximate surface area is 152 Å². The first kappa shape index (κ1) is 19.9. The first-order valence-electron chi connectivity index (χ1n) is 8.74. The van der Waals surface area contributed by atoms with E-state index in [9.17, 15) is 19.5 Å². The molecule has 0 aliphatic carbocycles. The van der Waals surface area contributed by atoms with Gasteiger partial charge >= 0.3 is 5.97 Å². The Kier molecular flexibility index (Phi) is 7.11. The van der Waals surface area contributed by atoms with Gasteiger partial charge in [0.2, 0.25) is 11.8 Å². The topological polar surface area (TPSA) is 139 Å². The van der Waals surface area contributed by atoms with Crippen LogP contribution < -0.4 is 16.8 Å². The van der Waals surface area contributed by atoms with Gasteiger partial charge in [-0.2, -0.15) is 0 Å². The molecule has 142 valence electrons. The zero-order valence-electron chi connectivity index (χ0n) is 14.6. The summed E-state index contributed by atoms with van der Waals surface area (Å²) in [6.45, 7) is 0.360. The van der Waals surface area contributed by atoms with Crippen LogP contribution in [0.4, 0.5) is 0 Å². The van der Waals surface area contributed by atoms with Crippen molar-refractivity contribution in [3.8, 4) is 0 Å². The van der Waals surface area contributed by atoms with Crippen LogP contribution in [0.1, 0.15) is 24.8 Å². The molecule has 0 aromatic heterocycles. The van der Waals surface area contributed by atoms with Crippen molar-refractivity contribution in [3.05, 3.63) is 35.9 Å². The smallest absolute Gasteiger partial charge is 0.326 e. The van der Waals surface area contributed by atoms with Crippen LogP contribution in [0.3, 0.4) is 0 Å². The van der Waals surface area contributed by atoms with Crippen molar-refractivity contribution in [2.75, 3.05) is 13.1 Å². The standard InChI is InChI=1S/C18H26N4O4/c19-9-8-16(23)21-13-10-15(18(25)26)22(11-13)17(24)14(20)7-6-12-4-2-1-3-5-12/h1-5,13-15H,6-11,19-20H2,(H,21,23)(H,25,26)/t13-,14+,15+/m1/s1. The van der Waals surface area contributed by atoms with Crippen molar-refractivity contribution < 1.29 is 19.5 Å². The molecule has 0 saturated carbocycles. The van der Waals surface area contributed by atoms with E-state index in [2.05, 4.69) is 5.32 Å². The number of aryl methyl sites for hydroxylation is 1. The van der Waals surface area contributed by atoms with Crippen LogP contribution in [-0.4, -0.2) is 59.0 Å². The molecule has 0 bridgehead atoms. The maximum Gasteiger partial charge on any atom is 0.326 e. The number of nitrogens with one attached hydrogen (secondary N) is 1. The number of carboxylic acid groups (broad SMARTS) is 1. The van der Waals surface area contributed by atoms with Gasteiger partial charge in [0.15, 0.2) is 0 Å². The monoisotopic (exact) mass is 362 g/mol. The van der Waals surface area contributed by atoms with Gasteiger partial charge in [0.1, 0.15) is 6.04 Å². The SMILES string of the molecule is NCCC(=O)N[C@@H]1C[C@@H](C(=O)O)N(C(=O)[C@@H](N)CCc2ccccc2)C1. The minimum absolute atomic E-state index is 0.144. The fourth-order valence-electron chi connectivity index (χ4n) is 3.15. The predicted octanol–water partition coefficient (Wildman–Crippen LogP) is -0.534. The zero-order chi connectivity index (χ0) is 19.1. The maximum atomic E-state index is 12.6. The van der Waals surface area contributed by atoms with Gasteiger partial charge in [0, 0.05) is 32.0 Å². The number of carbonyl (C=O) groups is 3. The molecule has 26 heavy (non-hydrogen) atoms. The second kappa shape index (κ2) is 9.30. The van der Waals surface area contributed by atoms with Crippen LogP contribution in [0, 0.1) is 0 Å². The Bertz CT molecular complexity index is 637. The molecule has 0 radical (unpaired) electrons. The van der Waals surface area contributed by atoms with Crippen LogP contribution >= 0.6 is 0 Å². The average Bonchev–Trinajstić information content (AvgIpc) is 3.04. The summed E-state index contributed by atoms with van der Waals surface area (Å²) in [5.74, 6) is -1.74. The second-order valence-electron chi connectivity index (χ2n) is 6.51. The predicted molar refractivity (Wildman–Crippen MR) is 96.1 cm³/mol. The molecule has 1 aromatic rings. The number of nitrogens with two attached hydrogens (primary N) is 2. The minimum atomic E-state index is -1.09. The summed E-state index contributed by atoms with van der Waals surface area (Å²) in [7, 11) is 0. The van der Waals surface area contributed by atoms with Gasteiger partial charge in [-0.25, -0.2) is 4.79 Å². The fourth-order valence-corrected chi connectivity index (χ4v) is 3.15. The number of hydrogen-bond donors (Lipinski definition) is 4. The van der Waals surface area contributed by atoms with E-state index in [-0.39, 0.29) is 31.8 Å². The first-order valence-corrected chi connectivity index (χ1v) is 8.74. The van der Waals surface area contributed by atoms with E-state index >= 15 is 0 Å². The molecule has 2 rings (SSSR count). The Morgan fingerprint density at radius 1 is 1.27 bits per heavy atom. The Hall–Kier alpha value is -2.45. The molecule has 0 spiro atoms. The maximum absolute atomic E-state index is 12.6. The summed E-state index contributed by atoms with van der Waals surface area (Å²) >= 11 is 0. The molecule has 2 amide bonds. The third kappa shape index (κ3) is 5.27. The zero-order valence-corrected chi connectivity index (χ0v) is 14.6. The van der Waals surface area contributed by atoms with Crippen molar-refractivity contribution in [3.63, 3.8) is 0 Å². The number of benzene rings is 1. The van der Waals surface area contributed by atoms with Gasteiger partial charge in [-0.15, -0.1) is 0 Å². The van der Waals surface area contributed by atoms with E-state index in [1.807, 2.05) is 30.3 Å². The number of likely N-dealkylation sites (tertiary alicyclic amines) is 1. The van der Waals surface area contributed by atoms with Gasteiger partial charge in [-0.3, -0.25) is 9.59 Å². The van der Waals surface area contributed by atoms with Crippen molar-refractivity contribution in [1.29, 1.82) is 0 Å². The summed E-state index contributed by atoms with van der Waals surface area (Å²) in [5, 5.41) is 12.1. The second-order valence-corrected chi connectivity index (χ2v) is 6.51. The molecular formula is C18H26N4O4. The number of aliphatic carboxylic acids is 1. The highest BCUT2D eigenvalue weighted by Gasteiger charge is 2.41. The summed E-state index contributed by atoms with van der Waals surface area (Å²) in [4.78, 5) is 37.1. The molecule has 8 heteroatoms. The average molecular weight is 362 g/mol. The van der Waals surface area contributed by atoms with Gasteiger partial charge in [-0.05, 0) is 18.4 Å². The van der Waals surface area contributed by atoms with Crippen molar-refractivity contribution >= 4 is 17.8 Å². The lowest BCUT2D eigenvalue weighted by molar-refractivity contribution is -0.148. The summed E-state index contributed by atoms with van der Waals surface area (Å²) in [6.07, 6.45) is 1.40. The highest BCUT2D eigenvalue weighted by molar-refractivity contribution is 5.88. The highest BCUT2D eigenvalue weighted by Crippen LogP contribution is 2.20. The lowest BCUT2D eigenvalue weighted by Crippen LogP contribution is -2.49. The van der Waals surface area contributed by atoms with E-state index in [0.29, 0.717) is 12.8 Å². The van der Waals surface area contributed by atoms with E-state index in [4.69, 9.17) is 11.5 Å². The Morgan fingerprint density at radius 3 is 2.58 bits per heavy atom. The van der Waals surface area contributed by atoms with Crippen molar-refractivity contribution in [1.82, 2.24) is 10.2 Å². The van der Waals surface area contributed by atoms with E-state index in [1.54, 1.807) is 0 Å². The van der Waals surface area contributed by atoms with Crippen LogP contribution in [0.15, 0.2) is 30.3 Å². The normalized spacial score (nSPS) is 20.6. The molecular weight excluding hydrogens is 336 g/mol. The van der Waals surface area contributed by atoms with Gasteiger partial charge in [0.05, 0.1) is 6.04 Å². The fraction of sp³-hybridized carbons (Fsp3) is 0.500. The summed E-state index contributed by atoms with van der Waals surface area (Å²) < 4.78 is 0. The van der Waals surface area contributed by atoms with Crippen LogP contribution in [0.2, 0.25) is 0 Å². The minimum Gasteiger partial charge on any atom is -0.480 e. The molecule has 1 aromatic carbocycles. The molecule has 1 saturated heterocycles. The molecule has 1 aliphatic heterocycles. The summed E-state index contributed by atoms with van der Waals surface area (Å²) in [5.41, 5.74) is 12.4. The largest absolute Gasteiger partial charge is 0.480 e. The molecule has 3 atom stereocenters. The molecule has 1 heterocycles. The quantitative estimate of drug-likeness (QED) is 0.490. The van der Waals surface area contributed by atoms with E-state index < -0.39 is 30.0 Å². The summed E-state index contributed by atoms with van der Waals surface area (Å²) in [6, 6.07) is 7.49. The van der Waals surface area contributed by atoms with E-state index in [1.165, 1.54) is 4.90 Å². The third-order valence-electron chi connectivity index (χ3n) is 4.51. The molecule has 6 N–H and O–H groups in total. The molecule has 8 nitrogen and oxygen atoms in total. The number of amides is 2. The molecule has 0 unspecified atom stereocenters. The lowest BCUT2D eigenvalue weighted by atomic mass is 10.0. The Balaban J connectivity index is 1.95. The van der Waals surface area contributed by atoms with Crippen molar-refractivity contribution in [2.24, 2.45) is 11.5 Å². The van der Waals surface area contributed by atoms with Crippen LogP contribution in [0.5, 0.6) is 0 Å². The third-order valence-corrected chi connectivity index (χ3v) is 4.51. The van der Waals surface area contributed by atoms with Crippen LogP contribution in [-0.2, 0) is 20.8 Å². The first-order chi connectivity index (χ1) is 12.4. The van der Waals surface area contributed by atoms with Gasteiger partial charge in [-0.1, -0.05) is 30.3 Å². The highest BCUT2D eigenvalue weighted by atomic mass is 16.4. The number of rotatable bonds is 8. The van der Waals surface area contributed by atoms with Gasteiger partial charge < -0.3 is 26.8 Å².